The van der Waals surface area contributed by atoms with E-state index in [-0.39, 0.29) is 17.6 Å². The quantitative estimate of drug-likeness (QED) is 0.778. The van der Waals surface area contributed by atoms with Crippen LogP contribution in [0, 0.1) is 5.92 Å². The molecule has 1 aromatic heterocycles. The van der Waals surface area contributed by atoms with Gasteiger partial charge in [-0.3, -0.25) is 9.36 Å². The lowest BCUT2D eigenvalue weighted by Crippen LogP contribution is -2.25. The van der Waals surface area contributed by atoms with Crippen LogP contribution < -0.4 is 5.69 Å². The van der Waals surface area contributed by atoms with Crippen LogP contribution >= 0.6 is 0 Å². The van der Waals surface area contributed by atoms with Gasteiger partial charge in [-0.1, -0.05) is 0 Å². The molecule has 15 heavy (non-hydrogen) atoms. The molecule has 0 aliphatic heterocycles. The average molecular weight is 210 g/mol. The second kappa shape index (κ2) is 3.56. The third-order valence-corrected chi connectivity index (χ3v) is 3.12. The van der Waals surface area contributed by atoms with Crippen LogP contribution in [0.2, 0.25) is 0 Å². The number of nitrogens with zero attached hydrogens (tertiary/aromatic N) is 2. The van der Waals surface area contributed by atoms with Crippen LogP contribution in [0.3, 0.4) is 0 Å². The van der Waals surface area contributed by atoms with Crippen LogP contribution in [-0.2, 0) is 11.8 Å². The Hall–Kier alpha value is -1.52. The van der Waals surface area contributed by atoms with E-state index >= 15 is 0 Å². The van der Waals surface area contributed by atoms with Gasteiger partial charge in [-0.2, -0.15) is 0 Å². The van der Waals surface area contributed by atoms with Gasteiger partial charge in [-0.15, -0.1) is 0 Å². The highest BCUT2D eigenvalue weighted by Gasteiger charge is 2.31. The molecule has 0 spiro atoms. The fraction of sp³-hybridized carbons (Fsp3) is 0.600. The van der Waals surface area contributed by atoms with Crippen molar-refractivity contribution in [3.63, 3.8) is 0 Å². The highest BCUT2D eigenvalue weighted by Crippen LogP contribution is 2.33. The van der Waals surface area contributed by atoms with Crippen molar-refractivity contribution in [2.24, 2.45) is 13.0 Å². The first kappa shape index (κ1) is 10.0. The highest BCUT2D eigenvalue weighted by atomic mass is 16.4. The van der Waals surface area contributed by atoms with Gasteiger partial charge in [0, 0.05) is 25.5 Å². The van der Waals surface area contributed by atoms with Gasteiger partial charge in [0.1, 0.15) is 0 Å². The smallest absolute Gasteiger partial charge is 0.328 e. The molecule has 1 aliphatic carbocycles. The monoisotopic (exact) mass is 210 g/mol. The lowest BCUT2D eigenvalue weighted by atomic mass is 10.1. The van der Waals surface area contributed by atoms with E-state index in [2.05, 4.69) is 0 Å². The van der Waals surface area contributed by atoms with Gasteiger partial charge in [0.25, 0.3) is 0 Å². The largest absolute Gasteiger partial charge is 0.481 e. The summed E-state index contributed by atoms with van der Waals surface area (Å²) in [6.45, 7) is 0. The minimum atomic E-state index is -0.749. The molecular formula is C10H14N2O3. The highest BCUT2D eigenvalue weighted by molar-refractivity contribution is 5.70. The molecule has 0 radical (unpaired) electrons. The Labute approximate surface area is 86.9 Å². The summed E-state index contributed by atoms with van der Waals surface area (Å²) in [4.78, 5) is 22.4. The molecule has 5 heteroatoms. The van der Waals surface area contributed by atoms with E-state index in [9.17, 15) is 9.59 Å². The molecule has 82 valence electrons. The van der Waals surface area contributed by atoms with E-state index in [1.54, 1.807) is 24.0 Å². The van der Waals surface area contributed by atoms with Crippen LogP contribution in [-0.4, -0.2) is 20.2 Å². The third-order valence-electron chi connectivity index (χ3n) is 3.12. The Kier molecular flexibility index (Phi) is 2.38. The van der Waals surface area contributed by atoms with E-state index < -0.39 is 5.97 Å². The Bertz CT molecular complexity index is 432. The van der Waals surface area contributed by atoms with Gasteiger partial charge in [-0.05, 0) is 19.3 Å². The fourth-order valence-corrected chi connectivity index (χ4v) is 2.19. The minimum Gasteiger partial charge on any atom is -0.481 e. The number of carbonyl (C=O) groups is 1. The lowest BCUT2D eigenvalue weighted by Gasteiger charge is -2.09. The standard InChI is InChI=1S/C10H14N2O3/c1-11-4-5-12(10(11)15)8-3-2-7(6-8)9(13)14/h4-5,7-8H,2-3,6H2,1H3,(H,13,14). The molecule has 2 unspecified atom stereocenters. The summed E-state index contributed by atoms with van der Waals surface area (Å²) in [5, 5.41) is 8.86. The van der Waals surface area contributed by atoms with Crippen molar-refractivity contribution in [3.05, 3.63) is 22.9 Å². The van der Waals surface area contributed by atoms with Crippen molar-refractivity contribution in [1.82, 2.24) is 9.13 Å². The van der Waals surface area contributed by atoms with Crippen molar-refractivity contribution in [1.29, 1.82) is 0 Å². The third kappa shape index (κ3) is 1.69. The first-order chi connectivity index (χ1) is 7.09. The molecule has 1 N–H and O–H groups in total. The van der Waals surface area contributed by atoms with Crippen LogP contribution in [0.4, 0.5) is 0 Å². The van der Waals surface area contributed by atoms with Crippen molar-refractivity contribution >= 4 is 5.97 Å². The van der Waals surface area contributed by atoms with Crippen molar-refractivity contribution < 1.29 is 9.90 Å². The van der Waals surface area contributed by atoms with Crippen molar-refractivity contribution in [2.45, 2.75) is 25.3 Å². The molecule has 1 fully saturated rings. The number of rotatable bonds is 2. The van der Waals surface area contributed by atoms with Gasteiger partial charge in [-0.25, -0.2) is 4.79 Å². The summed E-state index contributed by atoms with van der Waals surface area (Å²) in [5.41, 5.74) is -0.0639. The van der Waals surface area contributed by atoms with Crippen molar-refractivity contribution in [2.75, 3.05) is 0 Å². The van der Waals surface area contributed by atoms with Gasteiger partial charge in [0.05, 0.1) is 5.92 Å². The molecule has 0 saturated heterocycles. The number of carboxylic acids is 1. The van der Waals surface area contributed by atoms with Gasteiger partial charge >= 0.3 is 11.7 Å². The number of hydrogen-bond acceptors (Lipinski definition) is 2. The molecule has 1 aromatic rings. The Morgan fingerprint density at radius 1 is 1.47 bits per heavy atom. The van der Waals surface area contributed by atoms with Crippen LogP contribution in [0.25, 0.3) is 0 Å². The molecule has 1 saturated carbocycles. The number of carboxylic acid groups (broad SMARTS) is 1. The van der Waals surface area contributed by atoms with E-state index in [0.29, 0.717) is 12.8 Å². The Morgan fingerprint density at radius 2 is 2.20 bits per heavy atom. The number of aryl methyl sites for hydroxylation is 1. The van der Waals surface area contributed by atoms with Crippen LogP contribution in [0.1, 0.15) is 25.3 Å². The zero-order valence-electron chi connectivity index (χ0n) is 8.59. The number of imidazole rings is 1. The maximum atomic E-state index is 11.6. The summed E-state index contributed by atoms with van der Waals surface area (Å²) >= 11 is 0. The molecule has 2 atom stereocenters. The zero-order valence-corrected chi connectivity index (χ0v) is 8.59. The molecule has 0 aromatic carbocycles. The van der Waals surface area contributed by atoms with E-state index in [0.717, 1.165) is 6.42 Å². The number of aliphatic carboxylic acids is 1. The maximum Gasteiger partial charge on any atom is 0.328 e. The van der Waals surface area contributed by atoms with Crippen molar-refractivity contribution in [3.8, 4) is 0 Å². The van der Waals surface area contributed by atoms with E-state index in [4.69, 9.17) is 5.11 Å². The molecule has 1 heterocycles. The maximum absolute atomic E-state index is 11.6. The minimum absolute atomic E-state index is 0.0554. The van der Waals surface area contributed by atoms with Gasteiger partial charge in [0.15, 0.2) is 0 Å². The van der Waals surface area contributed by atoms with Crippen LogP contribution in [0.15, 0.2) is 17.2 Å². The summed E-state index contributed by atoms with van der Waals surface area (Å²) in [6, 6.07) is 0.0554. The summed E-state index contributed by atoms with van der Waals surface area (Å²) in [6.07, 6.45) is 5.45. The predicted molar refractivity (Wildman–Crippen MR) is 53.7 cm³/mol. The molecule has 0 bridgehead atoms. The average Bonchev–Trinajstić information content (AvgIpc) is 2.76. The first-order valence-corrected chi connectivity index (χ1v) is 5.06. The summed E-state index contributed by atoms with van der Waals surface area (Å²) in [7, 11) is 1.70. The van der Waals surface area contributed by atoms with Gasteiger partial charge in [0.2, 0.25) is 0 Å². The van der Waals surface area contributed by atoms with Crippen LogP contribution in [0.5, 0.6) is 0 Å². The summed E-state index contributed by atoms with van der Waals surface area (Å²) in [5.74, 6) is -1.04. The van der Waals surface area contributed by atoms with E-state index in [1.807, 2.05) is 0 Å². The molecule has 2 rings (SSSR count). The van der Waals surface area contributed by atoms with Gasteiger partial charge < -0.3 is 9.67 Å². The fourth-order valence-electron chi connectivity index (χ4n) is 2.19. The number of hydrogen-bond donors (Lipinski definition) is 1. The Balaban J connectivity index is 2.18. The van der Waals surface area contributed by atoms with E-state index in [1.165, 1.54) is 4.57 Å². The summed E-state index contributed by atoms with van der Waals surface area (Å²) < 4.78 is 3.15. The predicted octanol–water partition coefficient (Wildman–Crippen LogP) is 0.613. The topological polar surface area (TPSA) is 64.2 Å². The second-order valence-electron chi connectivity index (χ2n) is 4.10. The molecule has 1 aliphatic rings. The number of aromatic nitrogens is 2. The SMILES string of the molecule is Cn1ccn(C2CCC(C(=O)O)C2)c1=O. The molecule has 5 nitrogen and oxygen atoms in total. The zero-order chi connectivity index (χ0) is 11.0. The molecule has 0 amide bonds. The lowest BCUT2D eigenvalue weighted by molar-refractivity contribution is -0.141. The molecular weight excluding hydrogens is 196 g/mol. The second-order valence-corrected chi connectivity index (χ2v) is 4.10. The Morgan fingerprint density at radius 3 is 2.67 bits per heavy atom. The normalized spacial score (nSPS) is 25.7. The first-order valence-electron chi connectivity index (χ1n) is 5.06.